The Kier molecular flexibility index (Phi) is 4.28. The van der Waals surface area contributed by atoms with Crippen LogP contribution >= 0.6 is 0 Å². The summed E-state index contributed by atoms with van der Waals surface area (Å²) >= 11 is 0. The van der Waals surface area contributed by atoms with Crippen LogP contribution in [0.2, 0.25) is 0 Å². The first-order valence-electron chi connectivity index (χ1n) is 8.37. The topological polar surface area (TPSA) is 49.9 Å². The van der Waals surface area contributed by atoms with Gasteiger partial charge in [-0.25, -0.2) is 0 Å². The Balaban J connectivity index is 1.72. The van der Waals surface area contributed by atoms with Gasteiger partial charge in [-0.05, 0) is 45.7 Å². The fourth-order valence-corrected chi connectivity index (χ4v) is 3.19. The molecule has 1 unspecified atom stereocenters. The molecule has 124 valence electrons. The molecule has 0 N–H and O–H groups in total. The normalized spacial score (nSPS) is 20.3. The molecule has 0 bridgehead atoms. The van der Waals surface area contributed by atoms with Gasteiger partial charge in [-0.2, -0.15) is 0 Å². The Hall–Kier alpha value is -2.04. The number of para-hydroxylation sites is 2. The highest BCUT2D eigenvalue weighted by Crippen LogP contribution is 2.34. The molecule has 1 aromatic carbocycles. The molecule has 1 saturated carbocycles. The molecular weight excluding hydrogens is 292 g/mol. The Morgan fingerprint density at radius 3 is 2.70 bits per heavy atom. The number of fused-ring (bicyclic) bond motifs is 1. The molecule has 1 aliphatic heterocycles. The van der Waals surface area contributed by atoms with E-state index in [2.05, 4.69) is 0 Å². The van der Waals surface area contributed by atoms with E-state index in [1.165, 1.54) is 0 Å². The molecule has 5 heteroatoms. The molecule has 1 aliphatic carbocycles. The standard InChI is InChI=1S/C18H24N2O3/c1-12(2)20(14-8-9-14)17(21)10-11-19-15-6-4-5-7-16(15)23-13(3)18(19)22/h4-7,12-14H,8-11H2,1-3H3. The summed E-state index contributed by atoms with van der Waals surface area (Å²) in [5.41, 5.74) is 0.755. The summed E-state index contributed by atoms with van der Waals surface area (Å²) in [6.07, 6.45) is 2.03. The Morgan fingerprint density at radius 2 is 2.04 bits per heavy atom. The van der Waals surface area contributed by atoms with Gasteiger partial charge in [0.2, 0.25) is 5.91 Å². The number of nitrogens with zero attached hydrogens (tertiary/aromatic N) is 2. The van der Waals surface area contributed by atoms with Crippen LogP contribution in [-0.2, 0) is 9.59 Å². The van der Waals surface area contributed by atoms with Gasteiger partial charge in [0.25, 0.3) is 5.91 Å². The minimum atomic E-state index is -0.510. The van der Waals surface area contributed by atoms with Crippen LogP contribution in [0.4, 0.5) is 5.69 Å². The van der Waals surface area contributed by atoms with Gasteiger partial charge < -0.3 is 14.5 Å². The van der Waals surface area contributed by atoms with Gasteiger partial charge in [0, 0.05) is 25.0 Å². The Bertz CT molecular complexity index is 608. The predicted octanol–water partition coefficient (Wildman–Crippen LogP) is 2.59. The highest BCUT2D eigenvalue weighted by Gasteiger charge is 2.35. The van der Waals surface area contributed by atoms with E-state index in [9.17, 15) is 9.59 Å². The van der Waals surface area contributed by atoms with Crippen LogP contribution in [0, 0.1) is 0 Å². The van der Waals surface area contributed by atoms with Crippen molar-refractivity contribution in [3.8, 4) is 5.75 Å². The molecule has 1 aromatic rings. The zero-order valence-electron chi connectivity index (χ0n) is 14.0. The number of carbonyl (C=O) groups is 2. The fourth-order valence-electron chi connectivity index (χ4n) is 3.19. The molecule has 1 fully saturated rings. The van der Waals surface area contributed by atoms with Crippen molar-refractivity contribution in [1.82, 2.24) is 4.90 Å². The van der Waals surface area contributed by atoms with Crippen molar-refractivity contribution in [1.29, 1.82) is 0 Å². The summed E-state index contributed by atoms with van der Waals surface area (Å²) in [5, 5.41) is 0. The van der Waals surface area contributed by atoms with Gasteiger partial charge in [-0.15, -0.1) is 0 Å². The summed E-state index contributed by atoms with van der Waals surface area (Å²) in [6.45, 7) is 6.25. The third-order valence-electron chi connectivity index (χ3n) is 4.41. The second-order valence-electron chi connectivity index (χ2n) is 6.59. The zero-order chi connectivity index (χ0) is 16.6. The van der Waals surface area contributed by atoms with Gasteiger partial charge in [0.15, 0.2) is 6.10 Å². The summed E-state index contributed by atoms with van der Waals surface area (Å²) in [7, 11) is 0. The highest BCUT2D eigenvalue weighted by molar-refractivity contribution is 6.00. The molecular formula is C18H24N2O3. The second-order valence-corrected chi connectivity index (χ2v) is 6.59. The molecule has 0 aromatic heterocycles. The van der Waals surface area contributed by atoms with E-state index in [4.69, 9.17) is 4.74 Å². The van der Waals surface area contributed by atoms with Crippen molar-refractivity contribution in [2.75, 3.05) is 11.4 Å². The quantitative estimate of drug-likeness (QED) is 0.839. The number of benzene rings is 1. The molecule has 0 radical (unpaired) electrons. The van der Waals surface area contributed by atoms with Crippen molar-refractivity contribution in [2.24, 2.45) is 0 Å². The third-order valence-corrected chi connectivity index (χ3v) is 4.41. The molecule has 23 heavy (non-hydrogen) atoms. The maximum atomic E-state index is 12.6. The number of carbonyl (C=O) groups excluding carboxylic acids is 2. The molecule has 2 aliphatic rings. The number of hydrogen-bond acceptors (Lipinski definition) is 3. The molecule has 2 amide bonds. The SMILES string of the molecule is CC1Oc2ccccc2N(CCC(=O)N(C(C)C)C2CC2)C1=O. The van der Waals surface area contributed by atoms with Crippen LogP contribution in [-0.4, -0.2) is 41.4 Å². The largest absolute Gasteiger partial charge is 0.479 e. The lowest BCUT2D eigenvalue weighted by Crippen LogP contribution is -2.47. The van der Waals surface area contributed by atoms with Crippen molar-refractivity contribution in [3.63, 3.8) is 0 Å². The molecule has 1 atom stereocenters. The molecule has 1 heterocycles. The van der Waals surface area contributed by atoms with Crippen LogP contribution in [0.5, 0.6) is 5.75 Å². The smallest absolute Gasteiger partial charge is 0.267 e. The summed E-state index contributed by atoms with van der Waals surface area (Å²) < 4.78 is 5.63. The van der Waals surface area contributed by atoms with E-state index in [1.54, 1.807) is 11.8 Å². The summed E-state index contributed by atoms with van der Waals surface area (Å²) in [4.78, 5) is 28.7. The van der Waals surface area contributed by atoms with Crippen LogP contribution < -0.4 is 9.64 Å². The number of anilines is 1. The molecule has 5 nitrogen and oxygen atoms in total. The fraction of sp³-hybridized carbons (Fsp3) is 0.556. The Labute approximate surface area is 137 Å². The van der Waals surface area contributed by atoms with Gasteiger partial charge >= 0.3 is 0 Å². The van der Waals surface area contributed by atoms with Gasteiger partial charge in [0.1, 0.15) is 5.75 Å². The van der Waals surface area contributed by atoms with E-state index < -0.39 is 6.10 Å². The highest BCUT2D eigenvalue weighted by atomic mass is 16.5. The van der Waals surface area contributed by atoms with Gasteiger partial charge in [-0.3, -0.25) is 9.59 Å². The number of hydrogen-bond donors (Lipinski definition) is 0. The number of amides is 2. The van der Waals surface area contributed by atoms with Crippen molar-refractivity contribution in [3.05, 3.63) is 24.3 Å². The van der Waals surface area contributed by atoms with E-state index in [0.29, 0.717) is 24.8 Å². The van der Waals surface area contributed by atoms with Gasteiger partial charge in [0.05, 0.1) is 5.69 Å². The number of rotatable bonds is 5. The third kappa shape index (κ3) is 3.19. The lowest BCUT2D eigenvalue weighted by atomic mass is 10.1. The minimum absolute atomic E-state index is 0.0842. The van der Waals surface area contributed by atoms with Crippen LogP contribution in [0.15, 0.2) is 24.3 Å². The maximum Gasteiger partial charge on any atom is 0.267 e. The molecule has 0 spiro atoms. The Morgan fingerprint density at radius 1 is 1.35 bits per heavy atom. The van der Waals surface area contributed by atoms with Crippen LogP contribution in [0.1, 0.15) is 40.0 Å². The summed E-state index contributed by atoms with van der Waals surface area (Å²) in [5.74, 6) is 0.751. The van der Waals surface area contributed by atoms with E-state index in [0.717, 1.165) is 18.5 Å². The molecule has 3 rings (SSSR count). The number of ether oxygens (including phenoxy) is 1. The van der Waals surface area contributed by atoms with Crippen molar-refractivity contribution >= 4 is 17.5 Å². The van der Waals surface area contributed by atoms with E-state index >= 15 is 0 Å². The monoisotopic (exact) mass is 316 g/mol. The summed E-state index contributed by atoms with van der Waals surface area (Å²) in [6, 6.07) is 8.10. The average molecular weight is 316 g/mol. The minimum Gasteiger partial charge on any atom is -0.479 e. The second kappa shape index (κ2) is 6.22. The average Bonchev–Trinajstić information content (AvgIpc) is 3.32. The van der Waals surface area contributed by atoms with Crippen LogP contribution in [0.25, 0.3) is 0 Å². The van der Waals surface area contributed by atoms with E-state index in [-0.39, 0.29) is 17.9 Å². The van der Waals surface area contributed by atoms with Crippen LogP contribution in [0.3, 0.4) is 0 Å². The first-order valence-corrected chi connectivity index (χ1v) is 8.37. The maximum absolute atomic E-state index is 12.6. The lowest BCUT2D eigenvalue weighted by Gasteiger charge is -2.34. The predicted molar refractivity (Wildman–Crippen MR) is 88.5 cm³/mol. The van der Waals surface area contributed by atoms with Gasteiger partial charge in [-0.1, -0.05) is 12.1 Å². The molecule has 0 saturated heterocycles. The lowest BCUT2D eigenvalue weighted by molar-refractivity contribution is -0.133. The van der Waals surface area contributed by atoms with E-state index in [1.807, 2.05) is 43.0 Å². The first kappa shape index (κ1) is 15.8. The zero-order valence-corrected chi connectivity index (χ0v) is 14.0. The van der Waals surface area contributed by atoms with Crippen molar-refractivity contribution < 1.29 is 14.3 Å². The first-order chi connectivity index (χ1) is 11.0. The van der Waals surface area contributed by atoms with Crippen molar-refractivity contribution in [2.45, 2.75) is 58.2 Å².